The number of pyridine rings is 1. The van der Waals surface area contributed by atoms with E-state index < -0.39 is 46.8 Å². The minimum absolute atomic E-state index is 0. The first-order chi connectivity index (χ1) is 18.4. The van der Waals surface area contributed by atoms with Crippen LogP contribution in [0.1, 0.15) is 39.0 Å². The monoisotopic (exact) mass is 625 g/mol. The van der Waals surface area contributed by atoms with E-state index in [9.17, 15) is 35.5 Å². The van der Waals surface area contributed by atoms with Crippen molar-refractivity contribution in [1.82, 2.24) is 14.8 Å². The molecular weight excluding hydrogens is 598 g/mol. The summed E-state index contributed by atoms with van der Waals surface area (Å²) in [5, 5.41) is 0. The summed E-state index contributed by atoms with van der Waals surface area (Å²) < 4.78 is 93.8. The van der Waals surface area contributed by atoms with Gasteiger partial charge in [-0.2, -0.15) is 26.3 Å². The van der Waals surface area contributed by atoms with E-state index in [4.69, 9.17) is 0 Å². The van der Waals surface area contributed by atoms with Gasteiger partial charge in [-0.15, -0.1) is 24.8 Å². The third kappa shape index (κ3) is 9.31. The maximum Gasteiger partial charge on any atom is 0.416 e. The molecule has 3 aromatic rings. The summed E-state index contributed by atoms with van der Waals surface area (Å²) in [5.74, 6) is -1.36. The van der Waals surface area contributed by atoms with Gasteiger partial charge < -0.3 is 4.90 Å². The van der Waals surface area contributed by atoms with Crippen LogP contribution in [0.2, 0.25) is 0 Å². The number of rotatable bonds is 7. The van der Waals surface area contributed by atoms with E-state index in [0.29, 0.717) is 37.3 Å². The average Bonchev–Trinajstić information content (AvgIpc) is 2.89. The second-order valence-corrected chi connectivity index (χ2v) is 9.54. The van der Waals surface area contributed by atoms with Crippen molar-refractivity contribution in [3.8, 4) is 0 Å². The van der Waals surface area contributed by atoms with E-state index in [-0.39, 0.29) is 43.8 Å². The van der Waals surface area contributed by atoms with Crippen molar-refractivity contribution >= 4 is 30.7 Å². The zero-order chi connectivity index (χ0) is 28.2. The second-order valence-electron chi connectivity index (χ2n) is 9.54. The number of hydrogen-bond acceptors (Lipinski definition) is 3. The maximum absolute atomic E-state index is 13.4. The normalized spacial score (nSPS) is 16.1. The van der Waals surface area contributed by atoms with Crippen LogP contribution in [0.15, 0.2) is 67.0 Å². The quantitative estimate of drug-likeness (QED) is 0.263. The van der Waals surface area contributed by atoms with Crippen molar-refractivity contribution in [2.24, 2.45) is 0 Å². The number of carbonyl (C=O) groups excluding carboxylic acids is 1. The van der Waals surface area contributed by atoms with E-state index in [1.807, 2.05) is 12.1 Å². The van der Waals surface area contributed by atoms with E-state index in [0.717, 1.165) is 18.4 Å². The smallest absolute Gasteiger partial charge is 0.333 e. The summed E-state index contributed by atoms with van der Waals surface area (Å²) in [6.45, 7) is 1.57. The van der Waals surface area contributed by atoms with Gasteiger partial charge in [0.05, 0.1) is 11.1 Å². The molecule has 0 radical (unpaired) electrons. The van der Waals surface area contributed by atoms with Gasteiger partial charge in [-0.25, -0.2) is 4.39 Å². The Morgan fingerprint density at radius 1 is 0.878 bits per heavy atom. The minimum Gasteiger partial charge on any atom is -0.333 e. The molecule has 224 valence electrons. The van der Waals surface area contributed by atoms with Crippen molar-refractivity contribution in [2.45, 2.75) is 37.7 Å². The Labute approximate surface area is 245 Å². The first-order valence-corrected chi connectivity index (χ1v) is 12.4. The molecular formula is C28H28Cl2F7N3O. The summed E-state index contributed by atoms with van der Waals surface area (Å²) in [6, 6.07) is 9.82. The summed E-state index contributed by atoms with van der Waals surface area (Å²) in [6.07, 6.45) is -4.82. The van der Waals surface area contributed by atoms with Crippen molar-refractivity contribution in [3.63, 3.8) is 0 Å². The van der Waals surface area contributed by atoms with Crippen LogP contribution >= 0.6 is 24.8 Å². The van der Waals surface area contributed by atoms with Crippen LogP contribution < -0.4 is 0 Å². The molecule has 0 aliphatic carbocycles. The van der Waals surface area contributed by atoms with E-state index in [1.54, 1.807) is 24.5 Å². The summed E-state index contributed by atoms with van der Waals surface area (Å²) in [7, 11) is 0. The van der Waals surface area contributed by atoms with E-state index >= 15 is 0 Å². The Balaban J connectivity index is 0.00000294. The van der Waals surface area contributed by atoms with Crippen LogP contribution in [-0.4, -0.2) is 52.9 Å². The Morgan fingerprint density at radius 3 is 2.07 bits per heavy atom. The van der Waals surface area contributed by atoms with Crippen molar-refractivity contribution in [3.05, 3.63) is 101 Å². The van der Waals surface area contributed by atoms with Crippen molar-refractivity contribution in [1.29, 1.82) is 0 Å². The standard InChI is InChI=1S/C28H26F7N3O.2ClH/c29-24-7-5-19(6-8-24)13-25-18-37(10-2-4-20-3-1-9-36-17-20)11-12-38(25)26(39)21-14-22(27(30,31)32)16-23(15-21)28(33,34)35;;/h1,3,5-9,14-17,25H,2,4,10-13,18H2;2*1H/t25-;;/m1../s1. The molecule has 1 atom stereocenters. The zero-order valence-electron chi connectivity index (χ0n) is 21.6. The van der Waals surface area contributed by atoms with Crippen LogP contribution in [-0.2, 0) is 25.2 Å². The van der Waals surface area contributed by atoms with Gasteiger partial charge in [0.2, 0.25) is 0 Å². The van der Waals surface area contributed by atoms with E-state index in [2.05, 4.69) is 9.88 Å². The number of amides is 1. The molecule has 1 aliphatic heterocycles. The van der Waals surface area contributed by atoms with Gasteiger partial charge in [0.25, 0.3) is 5.91 Å². The van der Waals surface area contributed by atoms with Gasteiger partial charge >= 0.3 is 12.4 Å². The number of halogens is 9. The number of aryl methyl sites for hydroxylation is 1. The first-order valence-electron chi connectivity index (χ1n) is 12.4. The molecule has 0 bridgehead atoms. The highest BCUT2D eigenvalue weighted by Gasteiger charge is 2.39. The lowest BCUT2D eigenvalue weighted by Gasteiger charge is -2.42. The molecule has 1 amide bonds. The number of aromatic nitrogens is 1. The number of piperazine rings is 1. The van der Waals surface area contributed by atoms with Crippen LogP contribution in [0, 0.1) is 5.82 Å². The Kier molecular flexibility index (Phi) is 12.0. The molecule has 1 aliphatic rings. The van der Waals surface area contributed by atoms with Crippen LogP contribution in [0.25, 0.3) is 0 Å². The molecule has 4 nitrogen and oxygen atoms in total. The second kappa shape index (κ2) is 14.3. The van der Waals surface area contributed by atoms with Gasteiger partial charge in [0.1, 0.15) is 5.82 Å². The summed E-state index contributed by atoms with van der Waals surface area (Å²) in [5.41, 5.74) is -1.99. The predicted molar refractivity (Wildman–Crippen MR) is 145 cm³/mol. The highest BCUT2D eigenvalue weighted by Crippen LogP contribution is 2.37. The molecule has 2 heterocycles. The van der Waals surface area contributed by atoms with Crippen LogP contribution in [0.4, 0.5) is 30.7 Å². The van der Waals surface area contributed by atoms with Gasteiger partial charge in [0.15, 0.2) is 0 Å². The molecule has 0 spiro atoms. The minimum atomic E-state index is -5.06. The molecule has 0 saturated carbocycles. The molecule has 0 N–H and O–H groups in total. The lowest BCUT2D eigenvalue weighted by Crippen LogP contribution is -2.56. The van der Waals surface area contributed by atoms with Gasteiger partial charge in [0, 0.05) is 43.6 Å². The fourth-order valence-electron chi connectivity index (χ4n) is 4.75. The topological polar surface area (TPSA) is 36.4 Å². The molecule has 1 fully saturated rings. The Bertz CT molecular complexity index is 1240. The number of carbonyl (C=O) groups is 1. The lowest BCUT2D eigenvalue weighted by atomic mass is 9.99. The molecule has 2 aromatic carbocycles. The predicted octanol–water partition coefficient (Wildman–Crippen LogP) is 7.10. The fourth-order valence-corrected chi connectivity index (χ4v) is 4.75. The number of benzene rings is 2. The van der Waals surface area contributed by atoms with Gasteiger partial charge in [-0.3, -0.25) is 14.7 Å². The van der Waals surface area contributed by atoms with E-state index in [1.165, 1.54) is 17.0 Å². The maximum atomic E-state index is 13.4. The zero-order valence-corrected chi connectivity index (χ0v) is 23.2. The fraction of sp³-hybridized carbons (Fsp3) is 0.357. The molecule has 1 aromatic heterocycles. The number of hydrogen-bond donors (Lipinski definition) is 0. The van der Waals surface area contributed by atoms with Gasteiger partial charge in [-0.05, 0) is 73.3 Å². The molecule has 1 saturated heterocycles. The van der Waals surface area contributed by atoms with Crippen LogP contribution in [0.5, 0.6) is 0 Å². The largest absolute Gasteiger partial charge is 0.416 e. The molecule has 0 unspecified atom stereocenters. The molecule has 4 rings (SSSR count). The van der Waals surface area contributed by atoms with Crippen molar-refractivity contribution < 1.29 is 35.5 Å². The molecule has 13 heteroatoms. The SMILES string of the molecule is Cl.Cl.O=C(c1cc(C(F)(F)F)cc(C(F)(F)F)c1)N1CCN(CCCc2cccnc2)C[C@H]1Cc1ccc(F)cc1. The Morgan fingerprint density at radius 2 is 1.51 bits per heavy atom. The van der Waals surface area contributed by atoms with Crippen molar-refractivity contribution in [2.75, 3.05) is 26.2 Å². The first kappa shape index (κ1) is 34.3. The number of alkyl halides is 6. The third-order valence-corrected chi connectivity index (χ3v) is 6.71. The highest BCUT2D eigenvalue weighted by molar-refractivity contribution is 5.95. The average molecular weight is 626 g/mol. The Hall–Kier alpha value is -2.89. The van der Waals surface area contributed by atoms with Crippen LogP contribution in [0.3, 0.4) is 0 Å². The molecule has 41 heavy (non-hydrogen) atoms. The number of nitrogens with zero attached hydrogens (tertiary/aromatic N) is 3. The van der Waals surface area contributed by atoms with Gasteiger partial charge in [-0.1, -0.05) is 18.2 Å². The highest BCUT2D eigenvalue weighted by atomic mass is 35.5. The lowest BCUT2D eigenvalue weighted by molar-refractivity contribution is -0.143. The third-order valence-electron chi connectivity index (χ3n) is 6.71. The summed E-state index contributed by atoms with van der Waals surface area (Å²) in [4.78, 5) is 21.0. The summed E-state index contributed by atoms with van der Waals surface area (Å²) >= 11 is 0.